The molecule has 1 fully saturated rings. The molecular weight excluding hydrogens is 372 g/mol. The van der Waals surface area contributed by atoms with E-state index in [4.69, 9.17) is 16.3 Å². The Morgan fingerprint density at radius 3 is 2.39 bits per heavy atom. The summed E-state index contributed by atoms with van der Waals surface area (Å²) in [6.07, 6.45) is 0.208. The first kappa shape index (κ1) is 20.5. The second kappa shape index (κ2) is 8.87. The number of aryl methyl sites for hydroxylation is 3. The molecule has 4 nitrogen and oxygen atoms in total. The van der Waals surface area contributed by atoms with Gasteiger partial charge in [-0.3, -0.25) is 4.79 Å². The predicted octanol–water partition coefficient (Wildman–Crippen LogP) is 4.77. The van der Waals surface area contributed by atoms with Gasteiger partial charge in [0.15, 0.2) is 6.10 Å². The second-order valence-electron chi connectivity index (χ2n) is 7.53. The molecule has 28 heavy (non-hydrogen) atoms. The molecule has 0 saturated carbocycles. The molecular formula is C23H29ClN2O2. The zero-order chi connectivity index (χ0) is 20.3. The van der Waals surface area contributed by atoms with Gasteiger partial charge in [-0.1, -0.05) is 36.7 Å². The highest BCUT2D eigenvalue weighted by atomic mass is 35.5. The lowest BCUT2D eigenvalue weighted by Gasteiger charge is -2.38. The summed E-state index contributed by atoms with van der Waals surface area (Å²) in [6, 6.07) is 12.1. The molecule has 1 saturated heterocycles. The molecule has 1 heterocycles. The van der Waals surface area contributed by atoms with E-state index in [1.54, 1.807) is 0 Å². The van der Waals surface area contributed by atoms with Gasteiger partial charge >= 0.3 is 0 Å². The summed E-state index contributed by atoms with van der Waals surface area (Å²) in [5.41, 5.74) is 4.54. The van der Waals surface area contributed by atoms with Crippen LogP contribution in [-0.4, -0.2) is 43.1 Å². The fraction of sp³-hybridized carbons (Fsp3) is 0.435. The van der Waals surface area contributed by atoms with Crippen LogP contribution >= 0.6 is 11.6 Å². The van der Waals surface area contributed by atoms with Crippen molar-refractivity contribution in [3.05, 3.63) is 58.1 Å². The third-order valence-corrected chi connectivity index (χ3v) is 5.60. The van der Waals surface area contributed by atoms with E-state index in [1.807, 2.05) is 56.0 Å². The summed E-state index contributed by atoms with van der Waals surface area (Å²) in [4.78, 5) is 17.3. The highest BCUT2D eigenvalue weighted by molar-refractivity contribution is 6.30. The van der Waals surface area contributed by atoms with E-state index in [0.717, 1.165) is 40.7 Å². The molecule has 0 bridgehead atoms. The Hall–Kier alpha value is -2.20. The van der Waals surface area contributed by atoms with Gasteiger partial charge in [0.05, 0.1) is 0 Å². The van der Waals surface area contributed by atoms with E-state index < -0.39 is 6.10 Å². The number of halogens is 1. The SMILES string of the molecule is CCC(Oc1cc(C)ccc1C)C(=O)N1CCN(c2cc(Cl)ccc2C)CC1. The van der Waals surface area contributed by atoms with Crippen molar-refractivity contribution in [3.8, 4) is 5.75 Å². The van der Waals surface area contributed by atoms with Gasteiger partial charge < -0.3 is 14.5 Å². The lowest BCUT2D eigenvalue weighted by atomic mass is 10.1. The molecule has 1 aliphatic rings. The number of benzene rings is 2. The van der Waals surface area contributed by atoms with Crippen molar-refractivity contribution in [3.63, 3.8) is 0 Å². The van der Waals surface area contributed by atoms with Gasteiger partial charge in [0.25, 0.3) is 5.91 Å². The first-order valence-corrected chi connectivity index (χ1v) is 10.3. The summed E-state index contributed by atoms with van der Waals surface area (Å²) < 4.78 is 6.11. The normalized spacial score (nSPS) is 15.5. The summed E-state index contributed by atoms with van der Waals surface area (Å²) in [7, 11) is 0. The van der Waals surface area contributed by atoms with Crippen LogP contribution in [0.5, 0.6) is 5.75 Å². The number of hydrogen-bond acceptors (Lipinski definition) is 3. The zero-order valence-electron chi connectivity index (χ0n) is 17.2. The highest BCUT2D eigenvalue weighted by Gasteiger charge is 2.28. The lowest BCUT2D eigenvalue weighted by Crippen LogP contribution is -2.52. The number of piperazine rings is 1. The van der Waals surface area contributed by atoms with Gasteiger partial charge in [0.2, 0.25) is 0 Å². The summed E-state index contributed by atoms with van der Waals surface area (Å²) in [5, 5.41) is 0.743. The molecule has 0 aromatic heterocycles. The van der Waals surface area contributed by atoms with Crippen molar-refractivity contribution in [1.82, 2.24) is 4.90 Å². The standard InChI is InChI=1S/C23H29ClN2O2/c1-5-21(28-22-14-16(2)6-7-18(22)4)23(27)26-12-10-25(11-13-26)20-15-19(24)9-8-17(20)3/h6-9,14-15,21H,5,10-13H2,1-4H3. The number of nitrogens with zero attached hydrogens (tertiary/aromatic N) is 2. The molecule has 1 aliphatic heterocycles. The Balaban J connectivity index is 1.64. The molecule has 1 amide bonds. The van der Waals surface area contributed by atoms with Crippen LogP contribution in [0.1, 0.15) is 30.0 Å². The minimum atomic E-state index is -0.444. The van der Waals surface area contributed by atoms with E-state index in [0.29, 0.717) is 19.5 Å². The molecule has 1 unspecified atom stereocenters. The zero-order valence-corrected chi connectivity index (χ0v) is 17.9. The summed E-state index contributed by atoms with van der Waals surface area (Å²) >= 11 is 6.17. The van der Waals surface area contributed by atoms with Crippen LogP contribution in [0.25, 0.3) is 0 Å². The maximum atomic E-state index is 13.1. The maximum Gasteiger partial charge on any atom is 0.263 e. The Morgan fingerprint density at radius 1 is 1.04 bits per heavy atom. The Kier molecular flexibility index (Phi) is 6.50. The number of carbonyl (C=O) groups excluding carboxylic acids is 1. The smallest absolute Gasteiger partial charge is 0.263 e. The number of ether oxygens (including phenoxy) is 1. The molecule has 0 radical (unpaired) electrons. The molecule has 0 aliphatic carbocycles. The highest BCUT2D eigenvalue weighted by Crippen LogP contribution is 2.26. The summed E-state index contributed by atoms with van der Waals surface area (Å²) in [6.45, 7) is 11.1. The molecule has 150 valence electrons. The van der Waals surface area contributed by atoms with Crippen molar-refractivity contribution in [2.24, 2.45) is 0 Å². The predicted molar refractivity (Wildman–Crippen MR) is 116 cm³/mol. The molecule has 1 atom stereocenters. The van der Waals surface area contributed by atoms with Crippen LogP contribution in [0.3, 0.4) is 0 Å². The monoisotopic (exact) mass is 400 g/mol. The Morgan fingerprint density at radius 2 is 1.71 bits per heavy atom. The minimum Gasteiger partial charge on any atom is -0.480 e. The van der Waals surface area contributed by atoms with Gasteiger partial charge in [0.1, 0.15) is 5.75 Å². The molecule has 2 aromatic carbocycles. The number of anilines is 1. The maximum absolute atomic E-state index is 13.1. The van der Waals surface area contributed by atoms with E-state index in [1.165, 1.54) is 5.56 Å². The van der Waals surface area contributed by atoms with Crippen LogP contribution < -0.4 is 9.64 Å². The van der Waals surface area contributed by atoms with Crippen molar-refractivity contribution in [1.29, 1.82) is 0 Å². The average molecular weight is 401 g/mol. The minimum absolute atomic E-state index is 0.0749. The molecule has 0 N–H and O–H groups in total. The van der Waals surface area contributed by atoms with Gasteiger partial charge in [-0.2, -0.15) is 0 Å². The van der Waals surface area contributed by atoms with Crippen molar-refractivity contribution in [2.45, 2.75) is 40.2 Å². The fourth-order valence-corrected chi connectivity index (χ4v) is 3.76. The average Bonchev–Trinajstić information content (AvgIpc) is 2.70. The number of carbonyl (C=O) groups is 1. The van der Waals surface area contributed by atoms with Gasteiger partial charge in [-0.15, -0.1) is 0 Å². The van der Waals surface area contributed by atoms with Crippen LogP contribution in [-0.2, 0) is 4.79 Å². The van der Waals surface area contributed by atoms with Gasteiger partial charge in [-0.05, 0) is 62.1 Å². The number of hydrogen-bond donors (Lipinski definition) is 0. The van der Waals surface area contributed by atoms with E-state index in [-0.39, 0.29) is 5.91 Å². The quantitative estimate of drug-likeness (QED) is 0.724. The van der Waals surface area contributed by atoms with Crippen LogP contribution in [0, 0.1) is 20.8 Å². The van der Waals surface area contributed by atoms with Crippen LogP contribution in [0.15, 0.2) is 36.4 Å². The van der Waals surface area contributed by atoms with Gasteiger partial charge in [-0.25, -0.2) is 0 Å². The molecule has 3 rings (SSSR count). The van der Waals surface area contributed by atoms with E-state index in [9.17, 15) is 4.79 Å². The Labute approximate surface area is 173 Å². The second-order valence-corrected chi connectivity index (χ2v) is 7.96. The van der Waals surface area contributed by atoms with Crippen molar-refractivity contribution >= 4 is 23.2 Å². The van der Waals surface area contributed by atoms with E-state index in [2.05, 4.69) is 17.9 Å². The topological polar surface area (TPSA) is 32.8 Å². The molecule has 5 heteroatoms. The first-order valence-electron chi connectivity index (χ1n) is 9.93. The van der Waals surface area contributed by atoms with Crippen molar-refractivity contribution < 1.29 is 9.53 Å². The lowest BCUT2D eigenvalue weighted by molar-refractivity contribution is -0.139. The van der Waals surface area contributed by atoms with E-state index >= 15 is 0 Å². The molecule has 0 spiro atoms. The van der Waals surface area contributed by atoms with Crippen molar-refractivity contribution in [2.75, 3.05) is 31.1 Å². The molecule has 2 aromatic rings. The number of amides is 1. The number of rotatable bonds is 5. The Bertz CT molecular complexity index is 844. The fourth-order valence-electron chi connectivity index (χ4n) is 3.59. The van der Waals surface area contributed by atoms with Crippen LogP contribution in [0.4, 0.5) is 5.69 Å². The summed E-state index contributed by atoms with van der Waals surface area (Å²) in [5.74, 6) is 0.874. The third-order valence-electron chi connectivity index (χ3n) is 5.36. The third kappa shape index (κ3) is 4.61. The largest absolute Gasteiger partial charge is 0.480 e. The first-order chi connectivity index (χ1) is 13.4. The van der Waals surface area contributed by atoms with Gasteiger partial charge in [0, 0.05) is 36.9 Å². The van der Waals surface area contributed by atoms with Crippen LogP contribution in [0.2, 0.25) is 5.02 Å².